The molecule has 1 atom stereocenters. The molecule has 0 spiro atoms. The van der Waals surface area contributed by atoms with Crippen molar-refractivity contribution in [2.75, 3.05) is 13.1 Å². The molecule has 102 valence electrons. The van der Waals surface area contributed by atoms with E-state index in [0.717, 1.165) is 38.2 Å². The van der Waals surface area contributed by atoms with Crippen molar-refractivity contribution in [3.05, 3.63) is 36.2 Å². The van der Waals surface area contributed by atoms with E-state index in [2.05, 4.69) is 21.8 Å². The van der Waals surface area contributed by atoms with Crippen LogP contribution in [0.25, 0.3) is 6.08 Å². The fourth-order valence-corrected chi connectivity index (χ4v) is 2.45. The van der Waals surface area contributed by atoms with E-state index in [1.165, 1.54) is 5.56 Å². The maximum absolute atomic E-state index is 10.7. The number of hydrogen-bond acceptors (Lipinski definition) is 3. The van der Waals surface area contributed by atoms with Gasteiger partial charge in [-0.15, -0.1) is 0 Å². The van der Waals surface area contributed by atoms with Crippen LogP contribution in [0.1, 0.15) is 24.1 Å². The summed E-state index contributed by atoms with van der Waals surface area (Å²) in [5.74, 6) is 0. The Morgan fingerprint density at radius 2 is 2.53 bits per heavy atom. The number of piperidine rings is 1. The molecule has 1 aliphatic rings. The lowest BCUT2D eigenvalue weighted by Gasteiger charge is -2.32. The highest BCUT2D eigenvalue weighted by atomic mass is 16.4. The molecule has 19 heavy (non-hydrogen) atoms. The van der Waals surface area contributed by atoms with Crippen LogP contribution in [0.4, 0.5) is 4.79 Å². The molecule has 0 radical (unpaired) electrons. The quantitative estimate of drug-likeness (QED) is 0.869. The zero-order valence-electron chi connectivity index (χ0n) is 10.9. The highest BCUT2D eigenvalue weighted by molar-refractivity contribution is 5.64. The van der Waals surface area contributed by atoms with Gasteiger partial charge >= 0.3 is 6.09 Å². The van der Waals surface area contributed by atoms with Gasteiger partial charge in [0.25, 0.3) is 0 Å². The summed E-state index contributed by atoms with van der Waals surface area (Å²) in [6.45, 7) is 6.30. The topological polar surface area (TPSA) is 65.5 Å². The predicted molar refractivity (Wildman–Crippen MR) is 73.8 cm³/mol. The van der Waals surface area contributed by atoms with E-state index in [9.17, 15) is 4.79 Å². The fraction of sp³-hybridized carbons (Fsp3) is 0.429. The van der Waals surface area contributed by atoms with E-state index in [0.29, 0.717) is 0 Å². The van der Waals surface area contributed by atoms with Gasteiger partial charge in [-0.1, -0.05) is 6.58 Å². The number of pyridine rings is 1. The van der Waals surface area contributed by atoms with Crippen molar-refractivity contribution in [2.24, 2.45) is 0 Å². The standard InChI is InChI=1S/C14H19N3O2/c1-2-12-8-11(5-6-15-12)9-17-7-3-4-13(10-17)16-14(18)19/h2,5-6,8,13,16H,1,3-4,7,9-10H2,(H,18,19)/t13-/m1/s1. The molecule has 1 aromatic heterocycles. The minimum absolute atomic E-state index is 0.0342. The van der Waals surface area contributed by atoms with E-state index in [4.69, 9.17) is 5.11 Å². The van der Waals surface area contributed by atoms with Crippen molar-refractivity contribution in [3.8, 4) is 0 Å². The third-order valence-electron chi connectivity index (χ3n) is 3.29. The minimum atomic E-state index is -0.940. The van der Waals surface area contributed by atoms with Crippen molar-refractivity contribution < 1.29 is 9.90 Å². The average Bonchev–Trinajstić information content (AvgIpc) is 2.38. The number of rotatable bonds is 4. The lowest BCUT2D eigenvalue weighted by molar-refractivity contribution is 0.160. The summed E-state index contributed by atoms with van der Waals surface area (Å²) in [4.78, 5) is 17.1. The average molecular weight is 261 g/mol. The zero-order chi connectivity index (χ0) is 13.7. The van der Waals surface area contributed by atoms with Gasteiger partial charge in [0.2, 0.25) is 0 Å². The highest BCUT2D eigenvalue weighted by Crippen LogP contribution is 2.14. The molecule has 5 nitrogen and oxygen atoms in total. The lowest BCUT2D eigenvalue weighted by Crippen LogP contribution is -2.46. The molecule has 2 N–H and O–H groups in total. The van der Waals surface area contributed by atoms with Gasteiger partial charge in [0.05, 0.1) is 5.69 Å². The van der Waals surface area contributed by atoms with Crippen LogP contribution < -0.4 is 5.32 Å². The highest BCUT2D eigenvalue weighted by Gasteiger charge is 2.21. The van der Waals surface area contributed by atoms with Crippen LogP contribution in [0.5, 0.6) is 0 Å². The molecular formula is C14H19N3O2. The Hall–Kier alpha value is -1.88. The number of nitrogens with zero attached hydrogens (tertiary/aromatic N) is 2. The predicted octanol–water partition coefficient (Wildman–Crippen LogP) is 1.96. The Kier molecular flexibility index (Phi) is 4.52. The lowest BCUT2D eigenvalue weighted by atomic mass is 10.0. The van der Waals surface area contributed by atoms with Gasteiger partial charge in [0, 0.05) is 25.3 Å². The summed E-state index contributed by atoms with van der Waals surface area (Å²) in [5.41, 5.74) is 2.05. The first-order valence-corrected chi connectivity index (χ1v) is 6.46. The number of carboxylic acid groups (broad SMARTS) is 1. The van der Waals surface area contributed by atoms with Gasteiger partial charge in [-0.3, -0.25) is 9.88 Å². The van der Waals surface area contributed by atoms with Gasteiger partial charge in [0.1, 0.15) is 0 Å². The number of carbonyl (C=O) groups is 1. The molecule has 1 saturated heterocycles. The van der Waals surface area contributed by atoms with E-state index in [1.807, 2.05) is 12.1 Å². The molecule has 0 aromatic carbocycles. The second kappa shape index (κ2) is 6.33. The Morgan fingerprint density at radius 1 is 1.68 bits per heavy atom. The SMILES string of the molecule is C=Cc1cc(CN2CCC[C@@H](NC(=O)O)C2)ccn1. The van der Waals surface area contributed by atoms with Gasteiger partial charge in [-0.25, -0.2) is 4.79 Å². The zero-order valence-corrected chi connectivity index (χ0v) is 10.9. The van der Waals surface area contributed by atoms with Gasteiger partial charge in [-0.05, 0) is 43.2 Å². The Balaban J connectivity index is 1.94. The smallest absolute Gasteiger partial charge is 0.404 e. The number of aromatic nitrogens is 1. The summed E-state index contributed by atoms with van der Waals surface area (Å²) in [6.07, 6.45) is 4.50. The van der Waals surface area contributed by atoms with Crippen LogP contribution in [-0.2, 0) is 6.54 Å². The first-order valence-electron chi connectivity index (χ1n) is 6.46. The minimum Gasteiger partial charge on any atom is -0.465 e. The van der Waals surface area contributed by atoms with Crippen molar-refractivity contribution in [1.29, 1.82) is 0 Å². The Labute approximate surface area is 113 Å². The van der Waals surface area contributed by atoms with Crippen molar-refractivity contribution in [2.45, 2.75) is 25.4 Å². The second-order valence-corrected chi connectivity index (χ2v) is 4.82. The maximum atomic E-state index is 10.7. The third-order valence-corrected chi connectivity index (χ3v) is 3.29. The molecule has 2 heterocycles. The molecule has 1 fully saturated rings. The van der Waals surface area contributed by atoms with Crippen molar-refractivity contribution in [1.82, 2.24) is 15.2 Å². The third kappa shape index (κ3) is 4.06. The first kappa shape index (κ1) is 13.5. The number of amides is 1. The normalized spacial score (nSPS) is 19.9. The van der Waals surface area contributed by atoms with Crippen LogP contribution in [0.3, 0.4) is 0 Å². The number of likely N-dealkylation sites (tertiary alicyclic amines) is 1. The summed E-state index contributed by atoms with van der Waals surface area (Å²) in [6, 6.07) is 4.04. The molecule has 5 heteroatoms. The molecule has 0 saturated carbocycles. The van der Waals surface area contributed by atoms with Gasteiger partial charge < -0.3 is 10.4 Å². The van der Waals surface area contributed by atoms with Crippen molar-refractivity contribution >= 4 is 12.2 Å². The fourth-order valence-electron chi connectivity index (χ4n) is 2.45. The van der Waals surface area contributed by atoms with E-state index in [1.54, 1.807) is 12.3 Å². The van der Waals surface area contributed by atoms with Crippen LogP contribution in [0, 0.1) is 0 Å². The summed E-state index contributed by atoms with van der Waals surface area (Å²) in [5, 5.41) is 11.3. The van der Waals surface area contributed by atoms with Crippen LogP contribution in [0.15, 0.2) is 24.9 Å². The molecule has 0 aliphatic carbocycles. The van der Waals surface area contributed by atoms with E-state index in [-0.39, 0.29) is 6.04 Å². The van der Waals surface area contributed by atoms with Crippen LogP contribution in [-0.4, -0.2) is 40.2 Å². The molecule has 1 aliphatic heterocycles. The summed E-state index contributed by atoms with van der Waals surface area (Å²) < 4.78 is 0. The van der Waals surface area contributed by atoms with E-state index < -0.39 is 6.09 Å². The number of nitrogens with one attached hydrogen (secondary N) is 1. The maximum Gasteiger partial charge on any atom is 0.404 e. The number of hydrogen-bond donors (Lipinski definition) is 2. The van der Waals surface area contributed by atoms with E-state index >= 15 is 0 Å². The summed E-state index contributed by atoms with van der Waals surface area (Å²) in [7, 11) is 0. The van der Waals surface area contributed by atoms with Gasteiger partial charge in [0.15, 0.2) is 0 Å². The first-order chi connectivity index (χ1) is 9.17. The molecule has 1 aromatic rings. The van der Waals surface area contributed by atoms with Gasteiger partial charge in [-0.2, -0.15) is 0 Å². The Bertz CT molecular complexity index is 462. The monoisotopic (exact) mass is 261 g/mol. The summed E-state index contributed by atoms with van der Waals surface area (Å²) >= 11 is 0. The molecule has 0 bridgehead atoms. The van der Waals surface area contributed by atoms with Crippen LogP contribution in [0.2, 0.25) is 0 Å². The molecule has 1 amide bonds. The second-order valence-electron chi connectivity index (χ2n) is 4.82. The molecule has 2 rings (SSSR count). The Morgan fingerprint density at radius 3 is 3.26 bits per heavy atom. The largest absolute Gasteiger partial charge is 0.465 e. The van der Waals surface area contributed by atoms with Crippen LogP contribution >= 0.6 is 0 Å². The molecule has 0 unspecified atom stereocenters. The molecular weight excluding hydrogens is 242 g/mol. The van der Waals surface area contributed by atoms with Crippen molar-refractivity contribution in [3.63, 3.8) is 0 Å².